The predicted octanol–water partition coefficient (Wildman–Crippen LogP) is 3.72. The summed E-state index contributed by atoms with van der Waals surface area (Å²) in [7, 11) is -6.05. The minimum Gasteiger partial charge on any atom is -0.481 e. The fourth-order valence-corrected chi connectivity index (χ4v) is 15.3. The smallest absolute Gasteiger partial charge is 0.314 e. The van der Waals surface area contributed by atoms with Crippen LogP contribution < -0.4 is 0 Å². The van der Waals surface area contributed by atoms with Crippen molar-refractivity contribution in [3.05, 3.63) is 0 Å². The molecule has 0 aromatic carbocycles. The second-order valence-electron chi connectivity index (χ2n) is 8.16. The quantitative estimate of drug-likeness (QED) is 0.531. The fraction of sp³-hybridized carbons (Fsp3) is 0.857. The highest BCUT2D eigenvalue weighted by Crippen LogP contribution is 2.29. The number of carbonyl (C=O) groups is 2. The van der Waals surface area contributed by atoms with E-state index in [1.807, 2.05) is 6.55 Å². The van der Waals surface area contributed by atoms with Crippen LogP contribution in [0.3, 0.4) is 0 Å². The third-order valence-corrected chi connectivity index (χ3v) is 12.5. The Morgan fingerprint density at radius 3 is 1.43 bits per heavy atom. The van der Waals surface area contributed by atoms with Gasteiger partial charge in [0.05, 0.1) is 0 Å². The lowest BCUT2D eigenvalue weighted by molar-refractivity contribution is -0.140. The van der Waals surface area contributed by atoms with Crippen LogP contribution in [-0.4, -0.2) is 47.3 Å². The monoisotopic (exact) mass is 380 g/mol. The van der Waals surface area contributed by atoms with Crippen LogP contribution in [0.4, 0.5) is 0 Å². The molecule has 0 aromatic rings. The third kappa shape index (κ3) is 12.6. The van der Waals surface area contributed by atoms with Gasteiger partial charge < -0.3 is 18.4 Å². The maximum absolute atomic E-state index is 10.9. The summed E-state index contributed by atoms with van der Waals surface area (Å²) in [5.74, 6) is -2.30. The molecule has 0 heterocycles. The topological polar surface area (TPSA) is 93.1 Å². The van der Waals surface area contributed by atoms with Gasteiger partial charge in [0.2, 0.25) is 0 Å². The first kappa shape index (κ1) is 22.5. The molecular formula is C14H32O6Si3. The van der Waals surface area contributed by atoms with E-state index in [1.54, 1.807) is 0 Å². The van der Waals surface area contributed by atoms with Gasteiger partial charge in [-0.15, -0.1) is 0 Å². The Kier molecular flexibility index (Phi) is 8.38. The van der Waals surface area contributed by atoms with Crippen LogP contribution >= 0.6 is 0 Å². The van der Waals surface area contributed by atoms with Crippen molar-refractivity contribution in [2.45, 2.75) is 71.1 Å². The Bertz CT molecular complexity index is 382. The second-order valence-corrected chi connectivity index (χ2v) is 21.0. The van der Waals surface area contributed by atoms with Crippen LogP contribution in [0.25, 0.3) is 0 Å². The molecule has 0 spiro atoms. The van der Waals surface area contributed by atoms with Crippen molar-refractivity contribution in [2.75, 3.05) is 0 Å². The molecule has 0 radical (unpaired) electrons. The molecule has 0 saturated heterocycles. The van der Waals surface area contributed by atoms with Crippen LogP contribution in [0.5, 0.6) is 0 Å². The minimum absolute atomic E-state index is 0.128. The molecule has 0 aliphatic heterocycles. The number of hydrogen-bond donors (Lipinski definition) is 2. The van der Waals surface area contributed by atoms with Gasteiger partial charge in [0.1, 0.15) is 0 Å². The molecule has 23 heavy (non-hydrogen) atoms. The van der Waals surface area contributed by atoms with Crippen LogP contribution in [0, 0.1) is 5.92 Å². The highest BCUT2D eigenvalue weighted by atomic mass is 28.5. The van der Waals surface area contributed by atoms with E-state index in [1.165, 1.54) is 0 Å². The summed E-state index contributed by atoms with van der Waals surface area (Å²) < 4.78 is 12.7. The third-order valence-electron chi connectivity index (χ3n) is 2.98. The molecule has 0 amide bonds. The Balaban J connectivity index is 5.04. The Morgan fingerprint density at radius 2 is 1.17 bits per heavy atom. The summed E-state index contributed by atoms with van der Waals surface area (Å²) in [6.07, 6.45) is 0.254. The Hall–Kier alpha value is -0.489. The van der Waals surface area contributed by atoms with Gasteiger partial charge in [-0.1, -0.05) is 0 Å². The van der Waals surface area contributed by atoms with E-state index in [4.69, 9.17) is 18.4 Å². The number of carboxylic acid groups (broad SMARTS) is 2. The van der Waals surface area contributed by atoms with Crippen molar-refractivity contribution in [1.82, 2.24) is 0 Å². The number of rotatable bonds is 11. The molecule has 0 fully saturated rings. The lowest BCUT2D eigenvalue weighted by Crippen LogP contribution is -2.52. The van der Waals surface area contributed by atoms with Crippen LogP contribution in [0.2, 0.25) is 51.9 Å². The van der Waals surface area contributed by atoms with Crippen LogP contribution in [0.15, 0.2) is 0 Å². The largest absolute Gasteiger partial charge is 0.481 e. The van der Waals surface area contributed by atoms with Gasteiger partial charge in [0.25, 0.3) is 0 Å². The molecule has 0 rings (SSSR count). The van der Waals surface area contributed by atoms with Crippen LogP contribution in [0.1, 0.15) is 19.3 Å². The first-order valence-electron chi connectivity index (χ1n) is 7.96. The van der Waals surface area contributed by atoms with Crippen molar-refractivity contribution in [3.8, 4) is 0 Å². The lowest BCUT2D eigenvalue weighted by atomic mass is 9.99. The van der Waals surface area contributed by atoms with Gasteiger partial charge in [0.15, 0.2) is 16.6 Å². The first-order chi connectivity index (χ1) is 10.1. The van der Waals surface area contributed by atoms with Crippen molar-refractivity contribution < 1.29 is 28.0 Å². The summed E-state index contributed by atoms with van der Waals surface area (Å²) in [6.45, 7) is 14.7. The van der Waals surface area contributed by atoms with E-state index in [9.17, 15) is 9.59 Å². The van der Waals surface area contributed by atoms with E-state index in [0.717, 1.165) is 0 Å². The zero-order valence-electron chi connectivity index (χ0n) is 15.4. The number of hydrogen-bond acceptors (Lipinski definition) is 4. The average molecular weight is 381 g/mol. The Labute approximate surface area is 142 Å². The average Bonchev–Trinajstić information content (AvgIpc) is 2.18. The minimum atomic E-state index is -2.45. The van der Waals surface area contributed by atoms with Gasteiger partial charge in [-0.2, -0.15) is 0 Å². The van der Waals surface area contributed by atoms with Gasteiger partial charge in [0, 0.05) is 12.8 Å². The molecule has 0 aliphatic carbocycles. The maximum atomic E-state index is 10.9. The first-order valence-corrected chi connectivity index (χ1v) is 17.3. The molecule has 0 aliphatic rings. The molecule has 6 nitrogen and oxygen atoms in total. The van der Waals surface area contributed by atoms with Gasteiger partial charge >= 0.3 is 20.5 Å². The highest BCUT2D eigenvalue weighted by molar-refractivity contribution is 6.87. The highest BCUT2D eigenvalue weighted by Gasteiger charge is 2.40. The summed E-state index contributed by atoms with van der Waals surface area (Å²) in [6, 6.07) is 0.632. The normalized spacial score (nSPS) is 13.4. The van der Waals surface area contributed by atoms with Crippen molar-refractivity contribution >= 4 is 37.1 Å². The molecule has 9 heteroatoms. The summed E-state index contributed by atoms with van der Waals surface area (Å²) in [5, 5.41) is 17.9. The SMILES string of the molecule is C[Si](C)(C)O[Si](C)(CCC(CC(=O)O)CC(=O)O)O[Si](C)(C)C. The van der Waals surface area contributed by atoms with E-state index >= 15 is 0 Å². The summed E-state index contributed by atoms with van der Waals surface area (Å²) >= 11 is 0. The molecule has 136 valence electrons. The standard InChI is InChI=1S/C14H32O6Si3/c1-21(2,3)19-23(7,20-22(4,5)6)9-8-12(10-13(15)16)11-14(17)18/h12H,8-11H2,1-7H3,(H,15,16)(H,17,18). The molecule has 0 bridgehead atoms. The summed E-state index contributed by atoms with van der Waals surface area (Å²) in [5.41, 5.74) is 0. The van der Waals surface area contributed by atoms with E-state index in [2.05, 4.69) is 39.3 Å². The van der Waals surface area contributed by atoms with E-state index < -0.39 is 37.1 Å². The molecule has 0 aromatic heterocycles. The van der Waals surface area contributed by atoms with Gasteiger partial charge in [-0.3, -0.25) is 9.59 Å². The predicted molar refractivity (Wildman–Crippen MR) is 97.9 cm³/mol. The molecule has 0 atom stereocenters. The summed E-state index contributed by atoms with van der Waals surface area (Å²) in [4.78, 5) is 21.9. The van der Waals surface area contributed by atoms with Crippen molar-refractivity contribution in [2.24, 2.45) is 5.92 Å². The van der Waals surface area contributed by atoms with Crippen molar-refractivity contribution in [1.29, 1.82) is 0 Å². The molecule has 2 N–H and O–H groups in total. The van der Waals surface area contributed by atoms with E-state index in [0.29, 0.717) is 12.5 Å². The van der Waals surface area contributed by atoms with Crippen molar-refractivity contribution in [3.63, 3.8) is 0 Å². The molecule has 0 saturated carbocycles. The fourth-order valence-electron chi connectivity index (χ4n) is 2.65. The lowest BCUT2D eigenvalue weighted by Gasteiger charge is -2.39. The van der Waals surface area contributed by atoms with E-state index in [-0.39, 0.29) is 18.8 Å². The zero-order valence-corrected chi connectivity index (χ0v) is 18.4. The maximum Gasteiger partial charge on any atom is 0.314 e. The zero-order chi connectivity index (χ0) is 18.5. The molecular weight excluding hydrogens is 348 g/mol. The Morgan fingerprint density at radius 1 is 0.826 bits per heavy atom. The number of aliphatic carboxylic acids is 2. The van der Waals surface area contributed by atoms with Crippen LogP contribution in [-0.2, 0) is 17.8 Å². The molecule has 0 unspecified atom stereocenters. The number of carboxylic acids is 2. The van der Waals surface area contributed by atoms with Gasteiger partial charge in [-0.05, 0) is 64.2 Å². The second kappa shape index (κ2) is 8.56. The van der Waals surface area contributed by atoms with Gasteiger partial charge in [-0.25, -0.2) is 0 Å².